The smallest absolute Gasteiger partial charge is 0.207 e. The molecule has 0 spiro atoms. The zero-order valence-electron chi connectivity index (χ0n) is 7.22. The quantitative estimate of drug-likeness (QED) is 0.741. The van der Waals surface area contributed by atoms with Gasteiger partial charge in [-0.15, -0.1) is 21.8 Å². The number of halogens is 3. The molecule has 0 aliphatic carbocycles. The number of aromatic nitrogens is 2. The zero-order valence-corrected chi connectivity index (χ0v) is 8.79. The summed E-state index contributed by atoms with van der Waals surface area (Å²) in [4.78, 5) is 0. The molecule has 0 N–H and O–H groups in total. The lowest BCUT2D eigenvalue weighted by molar-refractivity contribution is 0.0224. The van der Waals surface area contributed by atoms with E-state index < -0.39 is 5.92 Å². The summed E-state index contributed by atoms with van der Waals surface area (Å²) in [5.41, 5.74) is 0. The summed E-state index contributed by atoms with van der Waals surface area (Å²) in [6.45, 7) is 2.59. The topological polar surface area (TPSA) is 25.8 Å². The molecule has 0 fully saturated rings. The highest BCUT2D eigenvalue weighted by molar-refractivity contribution is 7.11. The van der Waals surface area contributed by atoms with Gasteiger partial charge in [0.1, 0.15) is 10.0 Å². The van der Waals surface area contributed by atoms with Gasteiger partial charge in [0.15, 0.2) is 0 Å². The summed E-state index contributed by atoms with van der Waals surface area (Å²) in [7, 11) is 0. The fraction of sp³-hybridized carbons (Fsp3) is 0.714. The summed E-state index contributed by atoms with van der Waals surface area (Å²) < 4.78 is 25.0. The maximum Gasteiger partial charge on any atom is 0.251 e. The van der Waals surface area contributed by atoms with Gasteiger partial charge in [-0.05, 0) is 13.8 Å². The van der Waals surface area contributed by atoms with Gasteiger partial charge in [-0.3, -0.25) is 0 Å². The number of hydrogen-bond acceptors (Lipinski definition) is 3. The monoisotopic (exact) mass is 226 g/mol. The van der Waals surface area contributed by atoms with Gasteiger partial charge in [-0.2, -0.15) is 0 Å². The summed E-state index contributed by atoms with van der Waals surface area (Å²) in [5.74, 6) is -2.73. The molecule has 0 amide bonds. The van der Waals surface area contributed by atoms with Crippen molar-refractivity contribution < 1.29 is 8.78 Å². The Morgan fingerprint density at radius 1 is 1.54 bits per heavy atom. The van der Waals surface area contributed by atoms with E-state index >= 15 is 0 Å². The average Bonchev–Trinajstić information content (AvgIpc) is 2.31. The third kappa shape index (κ3) is 3.52. The van der Waals surface area contributed by atoms with E-state index in [1.54, 1.807) is 6.92 Å². The van der Waals surface area contributed by atoms with Crippen LogP contribution in [0.25, 0.3) is 0 Å². The minimum atomic E-state index is -2.73. The van der Waals surface area contributed by atoms with Crippen LogP contribution in [0.5, 0.6) is 0 Å². The van der Waals surface area contributed by atoms with E-state index in [2.05, 4.69) is 10.2 Å². The summed E-state index contributed by atoms with van der Waals surface area (Å²) in [6, 6.07) is 0. The maximum atomic E-state index is 12.5. The van der Waals surface area contributed by atoms with Crippen molar-refractivity contribution in [2.75, 3.05) is 0 Å². The first-order valence-electron chi connectivity index (χ1n) is 3.72. The Labute approximate surface area is 83.9 Å². The van der Waals surface area contributed by atoms with Crippen molar-refractivity contribution in [3.63, 3.8) is 0 Å². The van der Waals surface area contributed by atoms with Gasteiger partial charge in [0.05, 0.1) is 11.8 Å². The van der Waals surface area contributed by atoms with Crippen LogP contribution in [0.2, 0.25) is 0 Å². The molecule has 1 atom stereocenters. The minimum absolute atomic E-state index is 0.267. The largest absolute Gasteiger partial charge is 0.251 e. The second kappa shape index (κ2) is 3.84. The lowest BCUT2D eigenvalue weighted by atomic mass is 10.3. The van der Waals surface area contributed by atoms with Gasteiger partial charge in [-0.1, -0.05) is 11.3 Å². The van der Waals surface area contributed by atoms with Crippen molar-refractivity contribution in [1.82, 2.24) is 10.2 Å². The van der Waals surface area contributed by atoms with Crippen LogP contribution in [0, 0.1) is 0 Å². The normalized spacial score (nSPS) is 14.5. The average molecular weight is 227 g/mol. The molecule has 1 heterocycles. The van der Waals surface area contributed by atoms with E-state index in [0.717, 1.165) is 18.3 Å². The third-order valence-electron chi connectivity index (χ3n) is 1.28. The molecule has 2 nitrogen and oxygen atoms in total. The second-order valence-corrected chi connectivity index (χ2v) is 4.65. The van der Waals surface area contributed by atoms with Crippen molar-refractivity contribution in [2.24, 2.45) is 0 Å². The van der Waals surface area contributed by atoms with Crippen molar-refractivity contribution in [3.05, 3.63) is 10.0 Å². The summed E-state index contributed by atoms with van der Waals surface area (Å²) in [6.07, 6.45) is -0.367. The molecule has 0 bridgehead atoms. The number of rotatable bonds is 3. The van der Waals surface area contributed by atoms with E-state index in [9.17, 15) is 8.78 Å². The zero-order chi connectivity index (χ0) is 10.1. The van der Waals surface area contributed by atoms with Gasteiger partial charge in [0.2, 0.25) is 0 Å². The highest BCUT2D eigenvalue weighted by Gasteiger charge is 2.24. The van der Waals surface area contributed by atoms with E-state index in [1.807, 2.05) is 0 Å². The molecule has 0 aliphatic heterocycles. The summed E-state index contributed by atoms with van der Waals surface area (Å²) >= 11 is 6.84. The van der Waals surface area contributed by atoms with Gasteiger partial charge < -0.3 is 0 Å². The lowest BCUT2D eigenvalue weighted by Gasteiger charge is -2.05. The molecule has 1 aromatic heterocycles. The predicted molar refractivity (Wildman–Crippen MR) is 48.5 cm³/mol. The van der Waals surface area contributed by atoms with Crippen molar-refractivity contribution in [3.8, 4) is 0 Å². The third-order valence-corrected chi connectivity index (χ3v) is 2.73. The number of nitrogens with zero attached hydrogens (tertiary/aromatic N) is 2. The van der Waals surface area contributed by atoms with Gasteiger partial charge >= 0.3 is 0 Å². The lowest BCUT2D eigenvalue weighted by Crippen LogP contribution is -2.13. The van der Waals surface area contributed by atoms with Crippen LogP contribution in [0.3, 0.4) is 0 Å². The van der Waals surface area contributed by atoms with E-state index in [-0.39, 0.29) is 11.8 Å². The fourth-order valence-electron chi connectivity index (χ4n) is 0.764. The van der Waals surface area contributed by atoms with Gasteiger partial charge in [0, 0.05) is 0 Å². The molecule has 0 aromatic carbocycles. The minimum Gasteiger partial charge on any atom is -0.207 e. The molecule has 0 saturated carbocycles. The summed E-state index contributed by atoms with van der Waals surface area (Å²) in [5, 5.41) is 7.98. The molecule has 1 unspecified atom stereocenters. The SMILES string of the molecule is CC(Cl)c1nnc(CC(C)(F)F)s1. The van der Waals surface area contributed by atoms with Gasteiger partial charge in [0.25, 0.3) is 5.92 Å². The Kier molecular flexibility index (Phi) is 3.18. The Balaban J connectivity index is 2.70. The van der Waals surface area contributed by atoms with E-state index in [0.29, 0.717) is 10.0 Å². The predicted octanol–water partition coefficient (Wildman–Crippen LogP) is 3.04. The van der Waals surface area contributed by atoms with Crippen molar-refractivity contribution in [1.29, 1.82) is 0 Å². The molecule has 1 aromatic rings. The van der Waals surface area contributed by atoms with Crippen LogP contribution in [0.4, 0.5) is 8.78 Å². The molecular formula is C7H9ClF2N2S. The Hall–Kier alpha value is -0.290. The highest BCUT2D eigenvalue weighted by atomic mass is 35.5. The second-order valence-electron chi connectivity index (χ2n) is 2.90. The Morgan fingerprint density at radius 2 is 2.15 bits per heavy atom. The number of hydrogen-bond donors (Lipinski definition) is 0. The standard InChI is InChI=1S/C7H9ClF2N2S/c1-4(8)6-12-11-5(13-6)3-7(2,9)10/h4H,3H2,1-2H3. The molecule has 6 heteroatoms. The molecule has 0 radical (unpaired) electrons. The van der Waals surface area contributed by atoms with Crippen LogP contribution in [0.15, 0.2) is 0 Å². The molecular weight excluding hydrogens is 218 g/mol. The first-order chi connectivity index (χ1) is 5.88. The molecule has 1 rings (SSSR count). The molecule has 0 aliphatic rings. The van der Waals surface area contributed by atoms with Crippen LogP contribution in [-0.4, -0.2) is 16.1 Å². The van der Waals surface area contributed by atoms with E-state index in [1.165, 1.54) is 0 Å². The van der Waals surface area contributed by atoms with Crippen LogP contribution < -0.4 is 0 Å². The highest BCUT2D eigenvalue weighted by Crippen LogP contribution is 2.26. The Bertz CT molecular complexity index is 282. The molecule has 0 saturated heterocycles. The number of alkyl halides is 3. The van der Waals surface area contributed by atoms with Crippen molar-refractivity contribution >= 4 is 22.9 Å². The molecule has 74 valence electrons. The maximum absolute atomic E-state index is 12.5. The molecule has 13 heavy (non-hydrogen) atoms. The first kappa shape index (κ1) is 10.8. The Morgan fingerprint density at radius 3 is 2.54 bits per heavy atom. The van der Waals surface area contributed by atoms with Crippen LogP contribution >= 0.6 is 22.9 Å². The van der Waals surface area contributed by atoms with Crippen LogP contribution in [0.1, 0.15) is 29.2 Å². The first-order valence-corrected chi connectivity index (χ1v) is 4.98. The van der Waals surface area contributed by atoms with Crippen molar-refractivity contribution in [2.45, 2.75) is 31.6 Å². The van der Waals surface area contributed by atoms with Crippen LogP contribution in [-0.2, 0) is 6.42 Å². The fourth-order valence-corrected chi connectivity index (χ4v) is 1.83. The van der Waals surface area contributed by atoms with Gasteiger partial charge in [-0.25, -0.2) is 8.78 Å². The van der Waals surface area contributed by atoms with E-state index in [4.69, 9.17) is 11.6 Å².